The largest absolute Gasteiger partial charge is 0.416 e. The summed E-state index contributed by atoms with van der Waals surface area (Å²) in [5, 5.41) is 7.37. The number of hydrogen-bond donors (Lipinski definition) is 1. The molecule has 0 aliphatic carbocycles. The van der Waals surface area contributed by atoms with Gasteiger partial charge in [-0.25, -0.2) is 4.98 Å². The van der Waals surface area contributed by atoms with Crippen molar-refractivity contribution in [3.05, 3.63) is 46.9 Å². The molecule has 3 rings (SSSR count). The van der Waals surface area contributed by atoms with Crippen molar-refractivity contribution >= 4 is 17.3 Å². The Morgan fingerprint density at radius 1 is 1.00 bits per heavy atom. The number of fused-ring (bicyclic) bond motifs is 1. The Labute approximate surface area is 130 Å². The van der Waals surface area contributed by atoms with Gasteiger partial charge in [0.25, 0.3) is 5.78 Å². The first-order valence-electron chi connectivity index (χ1n) is 6.90. The number of benzene rings is 1. The molecule has 0 aliphatic heterocycles. The number of hydrogen-bond acceptors (Lipinski definition) is 4. The maximum Gasteiger partial charge on any atom is 0.416 e. The first kappa shape index (κ1) is 15.3. The molecule has 1 N–H and O–H groups in total. The molecule has 8 heteroatoms. The minimum absolute atomic E-state index is 0.444. The van der Waals surface area contributed by atoms with Gasteiger partial charge in [-0.05, 0) is 45.0 Å². The lowest BCUT2D eigenvalue weighted by Gasteiger charge is -2.13. The maximum atomic E-state index is 12.6. The molecule has 0 fully saturated rings. The summed E-state index contributed by atoms with van der Waals surface area (Å²) in [6.07, 6.45) is -4.35. The fourth-order valence-corrected chi connectivity index (χ4v) is 2.22. The zero-order valence-electron chi connectivity index (χ0n) is 12.7. The minimum Gasteiger partial charge on any atom is -0.340 e. The Kier molecular flexibility index (Phi) is 3.46. The van der Waals surface area contributed by atoms with Gasteiger partial charge in [0.2, 0.25) is 0 Å². The van der Waals surface area contributed by atoms with Gasteiger partial charge in [0.15, 0.2) is 0 Å². The van der Waals surface area contributed by atoms with Gasteiger partial charge < -0.3 is 5.32 Å². The average molecular weight is 321 g/mol. The predicted molar refractivity (Wildman–Crippen MR) is 79.7 cm³/mol. The van der Waals surface area contributed by atoms with Crippen LogP contribution in [-0.2, 0) is 6.18 Å². The van der Waals surface area contributed by atoms with Gasteiger partial charge in [-0.15, -0.1) is 5.10 Å². The van der Waals surface area contributed by atoms with Gasteiger partial charge in [-0.2, -0.15) is 22.7 Å². The van der Waals surface area contributed by atoms with Crippen molar-refractivity contribution < 1.29 is 13.2 Å². The number of anilines is 2. The predicted octanol–water partition coefficient (Wildman–Crippen LogP) is 3.81. The standard InChI is InChI=1S/C15H14F3N5/c1-8-9(2)19-14-20-10(3)22-23(14)13(8)21-12-6-4-11(5-7-12)15(16,17)18/h4-7,21H,1-3H3. The van der Waals surface area contributed by atoms with Gasteiger partial charge in [0, 0.05) is 16.9 Å². The van der Waals surface area contributed by atoms with Crippen molar-refractivity contribution in [2.75, 3.05) is 5.32 Å². The van der Waals surface area contributed by atoms with Gasteiger partial charge >= 0.3 is 6.18 Å². The first-order valence-corrected chi connectivity index (χ1v) is 6.90. The lowest BCUT2D eigenvalue weighted by molar-refractivity contribution is -0.137. The molecule has 23 heavy (non-hydrogen) atoms. The quantitative estimate of drug-likeness (QED) is 0.780. The van der Waals surface area contributed by atoms with E-state index in [1.54, 1.807) is 11.4 Å². The highest BCUT2D eigenvalue weighted by molar-refractivity contribution is 5.62. The van der Waals surface area contributed by atoms with Gasteiger partial charge in [0.05, 0.1) is 5.56 Å². The topological polar surface area (TPSA) is 55.1 Å². The van der Waals surface area contributed by atoms with E-state index < -0.39 is 11.7 Å². The van der Waals surface area contributed by atoms with Crippen molar-refractivity contribution in [3.8, 4) is 0 Å². The van der Waals surface area contributed by atoms with Crippen LogP contribution < -0.4 is 5.32 Å². The molecule has 120 valence electrons. The summed E-state index contributed by atoms with van der Waals surface area (Å²) in [7, 11) is 0. The Morgan fingerprint density at radius 2 is 1.65 bits per heavy atom. The van der Waals surface area contributed by atoms with Crippen LogP contribution in [0.4, 0.5) is 24.7 Å². The van der Waals surface area contributed by atoms with Gasteiger partial charge in [-0.3, -0.25) is 0 Å². The summed E-state index contributed by atoms with van der Waals surface area (Å²) in [6.45, 7) is 5.46. The van der Waals surface area contributed by atoms with Crippen molar-refractivity contribution in [2.24, 2.45) is 0 Å². The number of alkyl halides is 3. The zero-order chi connectivity index (χ0) is 16.8. The van der Waals surface area contributed by atoms with Crippen molar-refractivity contribution in [3.63, 3.8) is 0 Å². The number of nitrogens with one attached hydrogen (secondary N) is 1. The number of rotatable bonds is 2. The monoisotopic (exact) mass is 321 g/mol. The van der Waals surface area contributed by atoms with Gasteiger partial charge in [-0.1, -0.05) is 0 Å². The molecule has 0 amide bonds. The second-order valence-electron chi connectivity index (χ2n) is 5.24. The molecule has 0 saturated heterocycles. The van der Waals surface area contributed by atoms with E-state index in [2.05, 4.69) is 20.4 Å². The summed E-state index contributed by atoms with van der Waals surface area (Å²) < 4.78 is 39.4. The normalized spacial score (nSPS) is 11.9. The molecule has 2 heterocycles. The molecule has 2 aromatic heterocycles. The molecule has 3 aromatic rings. The molecule has 0 aliphatic rings. The van der Waals surface area contributed by atoms with E-state index in [1.165, 1.54) is 12.1 Å². The molecule has 5 nitrogen and oxygen atoms in total. The van der Waals surface area contributed by atoms with E-state index in [9.17, 15) is 13.2 Å². The van der Waals surface area contributed by atoms with Crippen LogP contribution in [0.2, 0.25) is 0 Å². The molecule has 0 bridgehead atoms. The van der Waals surface area contributed by atoms with Crippen LogP contribution in [-0.4, -0.2) is 19.6 Å². The smallest absolute Gasteiger partial charge is 0.340 e. The van der Waals surface area contributed by atoms with E-state index in [0.717, 1.165) is 23.4 Å². The van der Waals surface area contributed by atoms with Crippen LogP contribution in [0.15, 0.2) is 24.3 Å². The molecule has 0 spiro atoms. The van der Waals surface area contributed by atoms with Gasteiger partial charge in [0.1, 0.15) is 11.6 Å². The molecule has 0 radical (unpaired) electrons. The van der Waals surface area contributed by atoms with Crippen molar-refractivity contribution in [1.82, 2.24) is 19.6 Å². The lowest BCUT2D eigenvalue weighted by Crippen LogP contribution is -2.07. The number of nitrogens with zero attached hydrogens (tertiary/aromatic N) is 4. The van der Waals surface area contributed by atoms with E-state index in [1.807, 2.05) is 13.8 Å². The summed E-state index contributed by atoms with van der Waals surface area (Å²) in [5.41, 5.74) is 1.47. The third-order valence-corrected chi connectivity index (χ3v) is 3.55. The fraction of sp³-hybridized carbons (Fsp3) is 0.267. The minimum atomic E-state index is -4.35. The van der Waals surface area contributed by atoms with E-state index in [0.29, 0.717) is 23.1 Å². The van der Waals surface area contributed by atoms with Crippen LogP contribution in [0.25, 0.3) is 5.78 Å². The molecular weight excluding hydrogens is 307 g/mol. The number of halogens is 3. The van der Waals surface area contributed by atoms with E-state index >= 15 is 0 Å². The van der Waals surface area contributed by atoms with Crippen molar-refractivity contribution in [2.45, 2.75) is 26.9 Å². The first-order chi connectivity index (χ1) is 10.8. The highest BCUT2D eigenvalue weighted by Gasteiger charge is 2.30. The summed E-state index contributed by atoms with van der Waals surface area (Å²) in [5.74, 6) is 1.64. The maximum absolute atomic E-state index is 12.6. The van der Waals surface area contributed by atoms with E-state index in [-0.39, 0.29) is 0 Å². The lowest BCUT2D eigenvalue weighted by atomic mass is 10.2. The van der Waals surface area contributed by atoms with Crippen LogP contribution in [0.1, 0.15) is 22.6 Å². The zero-order valence-corrected chi connectivity index (χ0v) is 12.7. The molecule has 1 aromatic carbocycles. The fourth-order valence-electron chi connectivity index (χ4n) is 2.22. The summed E-state index contributed by atoms with van der Waals surface area (Å²) in [6, 6.07) is 4.84. The summed E-state index contributed by atoms with van der Waals surface area (Å²) >= 11 is 0. The SMILES string of the molecule is Cc1nc2nc(C)c(C)c(Nc3ccc(C(F)(F)F)cc3)n2n1. The third-order valence-electron chi connectivity index (χ3n) is 3.55. The Hall–Kier alpha value is -2.64. The molecular formula is C15H14F3N5. The second-order valence-corrected chi connectivity index (χ2v) is 5.24. The number of aryl methyl sites for hydroxylation is 2. The van der Waals surface area contributed by atoms with Crippen molar-refractivity contribution in [1.29, 1.82) is 0 Å². The highest BCUT2D eigenvalue weighted by atomic mass is 19.4. The molecule has 0 atom stereocenters. The van der Waals surface area contributed by atoms with Crippen LogP contribution >= 0.6 is 0 Å². The molecule has 0 saturated carbocycles. The Balaban J connectivity index is 2.03. The van der Waals surface area contributed by atoms with E-state index in [4.69, 9.17) is 0 Å². The highest BCUT2D eigenvalue weighted by Crippen LogP contribution is 2.31. The second kappa shape index (κ2) is 5.22. The average Bonchev–Trinajstić information content (AvgIpc) is 2.83. The Bertz CT molecular complexity index is 865. The van der Waals surface area contributed by atoms with Crippen LogP contribution in [0.3, 0.4) is 0 Å². The van der Waals surface area contributed by atoms with Crippen LogP contribution in [0, 0.1) is 20.8 Å². The third kappa shape index (κ3) is 2.84. The number of aromatic nitrogens is 4. The molecule has 0 unspecified atom stereocenters. The van der Waals surface area contributed by atoms with Crippen LogP contribution in [0.5, 0.6) is 0 Å². The summed E-state index contributed by atoms with van der Waals surface area (Å²) in [4.78, 5) is 8.56. The Morgan fingerprint density at radius 3 is 2.26 bits per heavy atom.